The fraction of sp³-hybridized carbons (Fsp3) is 0.353. The van der Waals surface area contributed by atoms with Crippen molar-refractivity contribution in [1.29, 1.82) is 0 Å². The molecule has 0 aliphatic rings. The molecule has 0 radical (unpaired) electrons. The van der Waals surface area contributed by atoms with Crippen molar-refractivity contribution < 1.29 is 14.7 Å². The minimum atomic E-state index is -0.942. The average molecular weight is 332 g/mol. The lowest BCUT2D eigenvalue weighted by atomic mass is 10.1. The Balaban J connectivity index is 1.69. The van der Waals surface area contributed by atoms with Crippen LogP contribution in [-0.4, -0.2) is 28.5 Å². The first-order chi connectivity index (χ1) is 11.1. The van der Waals surface area contributed by atoms with Crippen LogP contribution in [0.5, 0.6) is 0 Å². The molecule has 1 amide bonds. The van der Waals surface area contributed by atoms with Crippen molar-refractivity contribution in [2.24, 2.45) is 0 Å². The van der Waals surface area contributed by atoms with Crippen molar-refractivity contribution in [1.82, 2.24) is 10.3 Å². The lowest BCUT2D eigenvalue weighted by molar-refractivity contribution is -0.121. The molecular weight excluding hydrogens is 312 g/mol. The number of benzene rings is 1. The first kappa shape index (κ1) is 17.1. The van der Waals surface area contributed by atoms with Gasteiger partial charge in [-0.15, -0.1) is 11.3 Å². The molecule has 122 valence electrons. The number of carbonyl (C=O) groups excluding carboxylic acids is 1. The summed E-state index contributed by atoms with van der Waals surface area (Å²) in [4.78, 5) is 28.2. The van der Waals surface area contributed by atoms with Crippen LogP contribution in [-0.2, 0) is 24.1 Å². The molecule has 1 heterocycles. The number of rotatable bonds is 8. The highest BCUT2D eigenvalue weighted by atomic mass is 32.1. The molecule has 0 saturated carbocycles. The normalized spacial score (nSPS) is 10.5. The number of carbonyl (C=O) groups is 2. The second kappa shape index (κ2) is 8.43. The second-order valence-corrected chi connectivity index (χ2v) is 6.38. The number of hydrogen-bond acceptors (Lipinski definition) is 4. The molecule has 5 nitrogen and oxygen atoms in total. The molecule has 1 aromatic carbocycles. The van der Waals surface area contributed by atoms with Crippen molar-refractivity contribution >= 4 is 23.2 Å². The monoisotopic (exact) mass is 332 g/mol. The average Bonchev–Trinajstić information content (AvgIpc) is 3.01. The summed E-state index contributed by atoms with van der Waals surface area (Å²) in [5, 5.41) is 12.8. The lowest BCUT2D eigenvalue weighted by Crippen LogP contribution is -2.25. The van der Waals surface area contributed by atoms with Crippen LogP contribution >= 0.6 is 11.3 Å². The summed E-state index contributed by atoms with van der Waals surface area (Å²) in [6.45, 7) is 2.69. The van der Waals surface area contributed by atoms with E-state index in [0.717, 1.165) is 23.4 Å². The van der Waals surface area contributed by atoms with Crippen LogP contribution in [0.1, 0.15) is 39.2 Å². The fourth-order valence-corrected chi connectivity index (χ4v) is 2.96. The number of aryl methyl sites for hydroxylation is 2. The number of aromatic carboxylic acids is 1. The molecule has 2 aromatic rings. The third kappa shape index (κ3) is 5.49. The molecule has 0 aliphatic carbocycles. The van der Waals surface area contributed by atoms with Crippen molar-refractivity contribution in [3.8, 4) is 0 Å². The summed E-state index contributed by atoms with van der Waals surface area (Å²) in [7, 11) is 0. The molecule has 0 bridgehead atoms. The van der Waals surface area contributed by atoms with Crippen LogP contribution in [0.4, 0.5) is 0 Å². The van der Waals surface area contributed by atoms with Gasteiger partial charge in [0.1, 0.15) is 0 Å². The minimum absolute atomic E-state index is 0.000387. The number of hydrogen-bond donors (Lipinski definition) is 2. The van der Waals surface area contributed by atoms with Crippen molar-refractivity contribution in [3.05, 3.63) is 51.5 Å². The van der Waals surface area contributed by atoms with Crippen LogP contribution in [0, 0.1) is 0 Å². The number of thiazole rings is 1. The zero-order valence-corrected chi connectivity index (χ0v) is 13.9. The maximum Gasteiger partial charge on any atom is 0.335 e. The summed E-state index contributed by atoms with van der Waals surface area (Å²) in [5.41, 5.74) is 1.21. The summed E-state index contributed by atoms with van der Waals surface area (Å²) >= 11 is 1.69. The summed E-state index contributed by atoms with van der Waals surface area (Å²) < 4.78 is 0. The van der Waals surface area contributed by atoms with E-state index >= 15 is 0 Å². The molecule has 23 heavy (non-hydrogen) atoms. The van der Waals surface area contributed by atoms with Crippen LogP contribution in [0.2, 0.25) is 0 Å². The number of carboxylic acid groups (broad SMARTS) is 1. The maximum atomic E-state index is 11.8. The minimum Gasteiger partial charge on any atom is -0.478 e. The maximum absolute atomic E-state index is 11.8. The van der Waals surface area contributed by atoms with E-state index in [1.165, 1.54) is 4.88 Å². The first-order valence-electron chi connectivity index (χ1n) is 7.61. The summed E-state index contributed by atoms with van der Waals surface area (Å²) in [5.74, 6) is -0.942. The Morgan fingerprint density at radius 1 is 1.22 bits per heavy atom. The van der Waals surface area contributed by atoms with E-state index in [1.807, 2.05) is 6.20 Å². The SMILES string of the molecule is CCc1cnc(CCNC(=O)CCc2ccc(C(=O)O)cc2)s1. The van der Waals surface area contributed by atoms with Gasteiger partial charge in [-0.3, -0.25) is 4.79 Å². The Hall–Kier alpha value is -2.21. The van der Waals surface area contributed by atoms with Gasteiger partial charge < -0.3 is 10.4 Å². The molecule has 0 saturated heterocycles. The largest absolute Gasteiger partial charge is 0.478 e. The summed E-state index contributed by atoms with van der Waals surface area (Å²) in [6, 6.07) is 6.61. The molecule has 0 unspecified atom stereocenters. The fourth-order valence-electron chi connectivity index (χ4n) is 2.10. The van der Waals surface area contributed by atoms with Gasteiger partial charge in [-0.25, -0.2) is 9.78 Å². The van der Waals surface area contributed by atoms with E-state index in [-0.39, 0.29) is 11.5 Å². The van der Waals surface area contributed by atoms with Gasteiger partial charge in [0.05, 0.1) is 10.6 Å². The third-order valence-corrected chi connectivity index (χ3v) is 4.65. The predicted octanol–water partition coefficient (Wildman–Crippen LogP) is 2.70. The van der Waals surface area contributed by atoms with Gasteiger partial charge in [0, 0.05) is 30.5 Å². The molecule has 0 atom stereocenters. The van der Waals surface area contributed by atoms with Gasteiger partial charge in [-0.2, -0.15) is 0 Å². The molecule has 2 rings (SSSR count). The van der Waals surface area contributed by atoms with Crippen LogP contribution in [0.25, 0.3) is 0 Å². The highest BCUT2D eigenvalue weighted by molar-refractivity contribution is 7.11. The molecule has 0 spiro atoms. The number of nitrogens with one attached hydrogen (secondary N) is 1. The Labute approximate surface area is 139 Å². The van der Waals surface area contributed by atoms with Gasteiger partial charge in [-0.1, -0.05) is 19.1 Å². The Kier molecular flexibility index (Phi) is 6.29. The van der Waals surface area contributed by atoms with E-state index in [4.69, 9.17) is 5.11 Å². The van der Waals surface area contributed by atoms with E-state index < -0.39 is 5.97 Å². The van der Waals surface area contributed by atoms with Gasteiger partial charge >= 0.3 is 5.97 Å². The highest BCUT2D eigenvalue weighted by Crippen LogP contribution is 2.13. The van der Waals surface area contributed by atoms with Crippen LogP contribution in [0.3, 0.4) is 0 Å². The van der Waals surface area contributed by atoms with Crippen molar-refractivity contribution in [2.45, 2.75) is 32.6 Å². The van der Waals surface area contributed by atoms with Crippen LogP contribution in [0.15, 0.2) is 30.5 Å². The van der Waals surface area contributed by atoms with Crippen molar-refractivity contribution in [3.63, 3.8) is 0 Å². The van der Waals surface area contributed by atoms with Gasteiger partial charge in [0.25, 0.3) is 0 Å². The van der Waals surface area contributed by atoms with Gasteiger partial charge in [0.2, 0.25) is 5.91 Å². The quantitative estimate of drug-likeness (QED) is 0.779. The standard InChI is InChI=1S/C17H20N2O3S/c1-2-14-11-19-16(23-14)9-10-18-15(20)8-5-12-3-6-13(7-4-12)17(21)22/h3-4,6-7,11H,2,5,8-10H2,1H3,(H,18,20)(H,21,22). The second-order valence-electron chi connectivity index (χ2n) is 5.18. The number of aromatic nitrogens is 1. The molecule has 2 N–H and O–H groups in total. The molecular formula is C17H20N2O3S. The third-order valence-electron chi connectivity index (χ3n) is 3.45. The Morgan fingerprint density at radius 2 is 1.96 bits per heavy atom. The first-order valence-corrected chi connectivity index (χ1v) is 8.42. The summed E-state index contributed by atoms with van der Waals surface area (Å²) in [6.07, 6.45) is 4.63. The topological polar surface area (TPSA) is 79.3 Å². The molecule has 1 aromatic heterocycles. The molecule has 0 aliphatic heterocycles. The van der Waals surface area contributed by atoms with Gasteiger partial charge in [-0.05, 0) is 30.5 Å². The van der Waals surface area contributed by atoms with E-state index in [2.05, 4.69) is 17.2 Å². The van der Waals surface area contributed by atoms with E-state index in [0.29, 0.717) is 19.4 Å². The zero-order chi connectivity index (χ0) is 16.7. The highest BCUT2D eigenvalue weighted by Gasteiger charge is 2.06. The molecule has 6 heteroatoms. The smallest absolute Gasteiger partial charge is 0.335 e. The van der Waals surface area contributed by atoms with Crippen molar-refractivity contribution in [2.75, 3.05) is 6.54 Å². The number of nitrogens with zero attached hydrogens (tertiary/aromatic N) is 1. The molecule has 0 fully saturated rings. The predicted molar refractivity (Wildman–Crippen MR) is 89.9 cm³/mol. The lowest BCUT2D eigenvalue weighted by Gasteiger charge is -2.04. The Morgan fingerprint density at radius 3 is 2.57 bits per heavy atom. The number of amides is 1. The zero-order valence-electron chi connectivity index (χ0n) is 13.0. The van der Waals surface area contributed by atoms with Crippen LogP contribution < -0.4 is 5.32 Å². The van der Waals surface area contributed by atoms with E-state index in [9.17, 15) is 9.59 Å². The Bertz CT molecular complexity index is 665. The van der Waals surface area contributed by atoms with E-state index in [1.54, 1.807) is 35.6 Å². The van der Waals surface area contributed by atoms with Gasteiger partial charge in [0.15, 0.2) is 0 Å². The number of carboxylic acids is 1.